The van der Waals surface area contributed by atoms with E-state index in [1.54, 1.807) is 11.3 Å². The first kappa shape index (κ1) is 15.2. The van der Waals surface area contributed by atoms with Gasteiger partial charge in [-0.1, -0.05) is 6.07 Å². The molecule has 0 aromatic carbocycles. The summed E-state index contributed by atoms with van der Waals surface area (Å²) >= 11 is 1.61. The zero-order valence-corrected chi connectivity index (χ0v) is 13.2. The molecule has 2 aromatic heterocycles. The molecule has 0 radical (unpaired) electrons. The lowest BCUT2D eigenvalue weighted by atomic mass is 10.2. The monoisotopic (exact) mass is 341 g/mol. The second-order valence-electron chi connectivity index (χ2n) is 4.97. The highest BCUT2D eigenvalue weighted by atomic mass is 32.2. The third kappa shape index (κ3) is 3.19. The van der Waals surface area contributed by atoms with Gasteiger partial charge >= 0.3 is 0 Å². The Labute approximate surface area is 131 Å². The number of thiophene rings is 1. The van der Waals surface area contributed by atoms with Gasteiger partial charge in [0.2, 0.25) is 5.91 Å². The highest BCUT2D eigenvalue weighted by Gasteiger charge is 2.31. The summed E-state index contributed by atoms with van der Waals surface area (Å²) in [6.45, 7) is 0.261. The summed E-state index contributed by atoms with van der Waals surface area (Å²) in [4.78, 5) is 13.1. The number of nitrogens with zero attached hydrogens (tertiary/aromatic N) is 2. The molecule has 3 heterocycles. The summed E-state index contributed by atoms with van der Waals surface area (Å²) < 4.78 is 23.8. The van der Waals surface area contributed by atoms with Crippen molar-refractivity contribution in [3.8, 4) is 0 Å². The number of nitrogens with one attached hydrogen (secondary N) is 2. The van der Waals surface area contributed by atoms with Crippen LogP contribution in [0.4, 0.5) is 5.82 Å². The van der Waals surface area contributed by atoms with Gasteiger partial charge < -0.3 is 5.32 Å². The van der Waals surface area contributed by atoms with Crippen molar-refractivity contribution in [2.75, 3.05) is 5.32 Å². The molecular weight excluding hydrogens is 326 g/mol. The summed E-state index contributed by atoms with van der Waals surface area (Å²) in [5, 5.41) is 16.6. The number of hydrogen-bond donors (Lipinski definition) is 3. The Kier molecular flexibility index (Phi) is 4.00. The molecule has 0 bridgehead atoms. The maximum Gasteiger partial charge on any atom is 0.277 e. The second kappa shape index (κ2) is 5.80. The summed E-state index contributed by atoms with van der Waals surface area (Å²) in [6, 6.07) is 3.93. The largest absolute Gasteiger partial charge is 0.309 e. The van der Waals surface area contributed by atoms with E-state index in [-0.39, 0.29) is 19.0 Å². The van der Waals surface area contributed by atoms with Gasteiger partial charge in [-0.15, -0.1) is 11.3 Å². The number of hydrogen-bond acceptors (Lipinski definition) is 5. The molecular formula is C12H15N5O3S2. The molecule has 0 atom stereocenters. The Hall–Kier alpha value is -1.75. The zero-order valence-electron chi connectivity index (χ0n) is 11.6. The molecule has 4 N–H and O–H groups in total. The number of aryl methyl sites for hydroxylation is 1. The van der Waals surface area contributed by atoms with Crippen molar-refractivity contribution in [3.63, 3.8) is 0 Å². The second-order valence-corrected chi connectivity index (χ2v) is 7.55. The summed E-state index contributed by atoms with van der Waals surface area (Å²) in [5.74, 6) is 0.217. The lowest BCUT2D eigenvalue weighted by Crippen LogP contribution is -2.32. The van der Waals surface area contributed by atoms with E-state index in [0.717, 1.165) is 9.18 Å². The Morgan fingerprint density at radius 1 is 1.50 bits per heavy atom. The molecule has 0 aliphatic carbocycles. The van der Waals surface area contributed by atoms with E-state index in [1.165, 1.54) is 0 Å². The standard InChI is InChI=1S/C12H15N5O3S2/c13-22(19,20)17-6-9-10(7-17)15-16-12(9)14-11(18)4-3-8-2-1-5-21-8/h1-2,5H,3-4,6-7H2,(H2,13,19,20)(H2,14,15,16,18). The molecule has 2 aromatic rings. The Morgan fingerprint density at radius 2 is 2.32 bits per heavy atom. The van der Waals surface area contributed by atoms with E-state index in [2.05, 4.69) is 15.5 Å². The average Bonchev–Trinajstić information content (AvgIpc) is 3.13. The van der Waals surface area contributed by atoms with Gasteiger partial charge in [0.05, 0.1) is 12.2 Å². The van der Waals surface area contributed by atoms with Crippen molar-refractivity contribution in [1.82, 2.24) is 14.5 Å². The Morgan fingerprint density at radius 3 is 3.00 bits per heavy atom. The third-order valence-electron chi connectivity index (χ3n) is 3.42. The molecule has 3 rings (SSSR count). The molecule has 0 unspecified atom stereocenters. The first-order valence-corrected chi connectivity index (χ1v) is 8.98. The first-order valence-electron chi connectivity index (χ1n) is 6.59. The van der Waals surface area contributed by atoms with Gasteiger partial charge in [0.15, 0.2) is 5.82 Å². The number of fused-ring (bicyclic) bond motifs is 1. The van der Waals surface area contributed by atoms with Crippen LogP contribution in [-0.4, -0.2) is 28.8 Å². The molecule has 0 fully saturated rings. The smallest absolute Gasteiger partial charge is 0.277 e. The number of carbonyl (C=O) groups is 1. The molecule has 8 nitrogen and oxygen atoms in total. The van der Waals surface area contributed by atoms with Gasteiger partial charge in [-0.2, -0.15) is 17.8 Å². The van der Waals surface area contributed by atoms with Crippen molar-refractivity contribution in [3.05, 3.63) is 33.6 Å². The summed E-state index contributed by atoms with van der Waals surface area (Å²) in [5.41, 5.74) is 1.32. The van der Waals surface area contributed by atoms with Crippen LogP contribution in [0.15, 0.2) is 17.5 Å². The van der Waals surface area contributed by atoms with Crippen LogP contribution in [0.2, 0.25) is 0 Å². The molecule has 10 heteroatoms. The van der Waals surface area contributed by atoms with E-state index in [0.29, 0.717) is 29.9 Å². The van der Waals surface area contributed by atoms with Crippen LogP contribution in [0.3, 0.4) is 0 Å². The maximum atomic E-state index is 12.0. The molecule has 1 aliphatic heterocycles. The lowest BCUT2D eigenvalue weighted by molar-refractivity contribution is -0.116. The van der Waals surface area contributed by atoms with Gasteiger partial charge in [0.25, 0.3) is 10.2 Å². The third-order valence-corrected chi connectivity index (χ3v) is 5.33. The molecule has 1 aliphatic rings. The number of carbonyl (C=O) groups excluding carboxylic acids is 1. The van der Waals surface area contributed by atoms with Crippen molar-refractivity contribution in [2.24, 2.45) is 5.14 Å². The Bertz CT molecular complexity index is 782. The zero-order chi connectivity index (χ0) is 15.7. The van der Waals surface area contributed by atoms with Gasteiger partial charge in [0, 0.05) is 23.4 Å². The lowest BCUT2D eigenvalue weighted by Gasteiger charge is -2.11. The average molecular weight is 341 g/mol. The van der Waals surface area contributed by atoms with E-state index in [9.17, 15) is 13.2 Å². The fraction of sp³-hybridized carbons (Fsp3) is 0.333. The summed E-state index contributed by atoms with van der Waals surface area (Å²) in [6.07, 6.45) is 1.01. The van der Waals surface area contributed by atoms with Crippen LogP contribution in [0.5, 0.6) is 0 Å². The maximum absolute atomic E-state index is 12.0. The quantitative estimate of drug-likeness (QED) is 0.735. The van der Waals surface area contributed by atoms with E-state index in [1.807, 2.05) is 17.5 Å². The number of nitrogens with two attached hydrogens (primary N) is 1. The highest BCUT2D eigenvalue weighted by Crippen LogP contribution is 2.28. The van der Waals surface area contributed by atoms with E-state index >= 15 is 0 Å². The topological polar surface area (TPSA) is 121 Å². The molecule has 0 saturated carbocycles. The van der Waals surface area contributed by atoms with Crippen LogP contribution >= 0.6 is 11.3 Å². The van der Waals surface area contributed by atoms with Crippen molar-refractivity contribution < 1.29 is 13.2 Å². The normalized spacial score (nSPS) is 15.0. The molecule has 0 saturated heterocycles. The number of anilines is 1. The van der Waals surface area contributed by atoms with Crippen LogP contribution in [0.1, 0.15) is 22.6 Å². The predicted molar refractivity (Wildman–Crippen MR) is 82.2 cm³/mol. The van der Waals surface area contributed by atoms with Gasteiger partial charge in [-0.3, -0.25) is 9.89 Å². The number of amides is 1. The van der Waals surface area contributed by atoms with Crippen molar-refractivity contribution in [1.29, 1.82) is 0 Å². The van der Waals surface area contributed by atoms with Crippen molar-refractivity contribution in [2.45, 2.75) is 25.9 Å². The minimum Gasteiger partial charge on any atom is -0.309 e. The molecule has 1 amide bonds. The summed E-state index contributed by atoms with van der Waals surface area (Å²) in [7, 11) is -3.75. The van der Waals surface area contributed by atoms with Gasteiger partial charge in [-0.25, -0.2) is 5.14 Å². The van der Waals surface area contributed by atoms with E-state index in [4.69, 9.17) is 5.14 Å². The van der Waals surface area contributed by atoms with Crippen LogP contribution in [0.25, 0.3) is 0 Å². The molecule has 22 heavy (non-hydrogen) atoms. The van der Waals surface area contributed by atoms with Gasteiger partial charge in [-0.05, 0) is 17.9 Å². The number of rotatable bonds is 5. The Balaban J connectivity index is 1.62. The number of aromatic amines is 1. The van der Waals surface area contributed by atoms with Crippen LogP contribution in [-0.2, 0) is 34.5 Å². The van der Waals surface area contributed by atoms with Gasteiger partial charge in [0.1, 0.15) is 0 Å². The SMILES string of the molecule is NS(=O)(=O)N1Cc2[nH]nc(NC(=O)CCc3cccs3)c2C1. The number of H-pyrrole nitrogens is 1. The first-order chi connectivity index (χ1) is 10.4. The molecule has 0 spiro atoms. The van der Waals surface area contributed by atoms with Crippen molar-refractivity contribution >= 4 is 33.3 Å². The molecule has 118 valence electrons. The fourth-order valence-corrected chi connectivity index (χ4v) is 3.61. The highest BCUT2D eigenvalue weighted by molar-refractivity contribution is 7.86. The minimum absolute atomic E-state index is 0.116. The van der Waals surface area contributed by atoms with E-state index < -0.39 is 10.2 Å². The minimum atomic E-state index is -3.75. The van der Waals surface area contributed by atoms with Crippen LogP contribution < -0.4 is 10.5 Å². The number of aromatic nitrogens is 2. The van der Waals surface area contributed by atoms with Crippen LogP contribution in [0, 0.1) is 0 Å². The predicted octanol–water partition coefficient (Wildman–Crippen LogP) is 0.562. The fourth-order valence-electron chi connectivity index (χ4n) is 2.28.